The molecule has 1 aliphatic rings. The molecule has 2 rings (SSSR count). The summed E-state index contributed by atoms with van der Waals surface area (Å²) in [4.78, 5) is 2.66. The smallest absolute Gasteiger partial charge is 0.00187 e. The van der Waals surface area contributed by atoms with Crippen molar-refractivity contribution in [3.63, 3.8) is 0 Å². The second kappa shape index (κ2) is 9.18. The Morgan fingerprint density at radius 2 is 1.45 bits per heavy atom. The van der Waals surface area contributed by atoms with Crippen LogP contribution in [-0.4, -0.2) is 24.5 Å². The summed E-state index contributed by atoms with van der Waals surface area (Å²) in [7, 11) is 0. The summed E-state index contributed by atoms with van der Waals surface area (Å²) in [5.41, 5.74) is 2.87. The van der Waals surface area contributed by atoms with E-state index in [0.29, 0.717) is 0 Å². The summed E-state index contributed by atoms with van der Waals surface area (Å²) in [6, 6.07) is 9.03. The Morgan fingerprint density at radius 1 is 0.800 bits per heavy atom. The molecule has 0 saturated carbocycles. The average Bonchev–Trinajstić information content (AvgIpc) is 2.49. The van der Waals surface area contributed by atoms with Crippen molar-refractivity contribution in [3.05, 3.63) is 35.4 Å². The maximum atomic E-state index is 2.66. The van der Waals surface area contributed by atoms with Gasteiger partial charge >= 0.3 is 0 Å². The monoisotopic (exact) mass is 273 g/mol. The van der Waals surface area contributed by atoms with Crippen LogP contribution >= 0.6 is 0 Å². The van der Waals surface area contributed by atoms with Crippen LogP contribution in [0.15, 0.2) is 24.3 Å². The fourth-order valence-electron chi connectivity index (χ4n) is 3.13. The Hall–Kier alpha value is -0.820. The first-order valence-electron chi connectivity index (χ1n) is 8.62. The van der Waals surface area contributed by atoms with Crippen molar-refractivity contribution in [3.8, 4) is 0 Å². The van der Waals surface area contributed by atoms with Crippen molar-refractivity contribution >= 4 is 0 Å². The lowest BCUT2D eigenvalue weighted by molar-refractivity contribution is 0.224. The molecule has 0 spiro atoms. The second-order valence-electron chi connectivity index (χ2n) is 6.41. The third-order valence-electron chi connectivity index (χ3n) is 4.51. The number of aryl methyl sites for hydroxylation is 2. The molecule has 1 fully saturated rings. The summed E-state index contributed by atoms with van der Waals surface area (Å²) >= 11 is 0. The molecule has 0 atom stereocenters. The lowest BCUT2D eigenvalue weighted by atomic mass is 10.0. The van der Waals surface area contributed by atoms with E-state index in [0.717, 1.165) is 0 Å². The second-order valence-corrected chi connectivity index (χ2v) is 6.41. The highest BCUT2D eigenvalue weighted by atomic mass is 15.1. The fraction of sp³-hybridized carbons (Fsp3) is 0.684. The Kier molecular flexibility index (Phi) is 7.14. The van der Waals surface area contributed by atoms with Gasteiger partial charge in [-0.3, -0.25) is 0 Å². The van der Waals surface area contributed by atoms with E-state index in [4.69, 9.17) is 0 Å². The molecule has 0 N–H and O–H groups in total. The molecule has 1 saturated heterocycles. The van der Waals surface area contributed by atoms with Crippen molar-refractivity contribution < 1.29 is 0 Å². The van der Waals surface area contributed by atoms with E-state index in [2.05, 4.69) is 36.1 Å². The zero-order valence-electron chi connectivity index (χ0n) is 13.2. The molecule has 1 heterocycles. The summed E-state index contributed by atoms with van der Waals surface area (Å²) in [6.45, 7) is 6.21. The quantitative estimate of drug-likeness (QED) is 0.604. The van der Waals surface area contributed by atoms with Gasteiger partial charge in [-0.2, -0.15) is 0 Å². The Bertz CT molecular complexity index is 349. The van der Waals surface area contributed by atoms with E-state index in [9.17, 15) is 0 Å². The van der Waals surface area contributed by atoms with Crippen molar-refractivity contribution in [2.75, 3.05) is 19.6 Å². The molecule has 1 aromatic carbocycles. The predicted molar refractivity (Wildman–Crippen MR) is 88.3 cm³/mol. The molecule has 0 aromatic heterocycles. The number of likely N-dealkylation sites (tertiary alicyclic amines) is 1. The van der Waals surface area contributed by atoms with E-state index in [1.165, 1.54) is 88.5 Å². The van der Waals surface area contributed by atoms with Crippen molar-refractivity contribution in [1.29, 1.82) is 0 Å². The van der Waals surface area contributed by atoms with Gasteiger partial charge in [-0.05, 0) is 64.2 Å². The zero-order chi connectivity index (χ0) is 14.0. The van der Waals surface area contributed by atoms with Gasteiger partial charge in [-0.15, -0.1) is 0 Å². The number of piperidine rings is 1. The van der Waals surface area contributed by atoms with Crippen LogP contribution in [-0.2, 0) is 6.42 Å². The Morgan fingerprint density at radius 3 is 2.20 bits per heavy atom. The molecular weight excluding hydrogens is 242 g/mol. The molecule has 1 nitrogen and oxygen atoms in total. The van der Waals surface area contributed by atoms with Crippen LogP contribution in [0.2, 0.25) is 0 Å². The molecule has 20 heavy (non-hydrogen) atoms. The highest BCUT2D eigenvalue weighted by Gasteiger charge is 2.08. The first kappa shape index (κ1) is 15.6. The Labute approximate surface area is 125 Å². The molecule has 1 heteroatoms. The van der Waals surface area contributed by atoms with Gasteiger partial charge in [0.05, 0.1) is 0 Å². The van der Waals surface area contributed by atoms with E-state index < -0.39 is 0 Å². The number of rotatable bonds is 8. The van der Waals surface area contributed by atoms with Gasteiger partial charge in [0.25, 0.3) is 0 Å². The number of unbranched alkanes of at least 4 members (excludes halogenated alkanes) is 4. The van der Waals surface area contributed by atoms with Gasteiger partial charge < -0.3 is 4.90 Å². The first-order chi connectivity index (χ1) is 9.84. The third kappa shape index (κ3) is 6.09. The number of hydrogen-bond donors (Lipinski definition) is 0. The molecular formula is C19H31N. The van der Waals surface area contributed by atoms with Crippen LogP contribution in [0, 0.1) is 6.92 Å². The highest BCUT2D eigenvalue weighted by molar-refractivity contribution is 5.21. The van der Waals surface area contributed by atoms with E-state index in [1.54, 1.807) is 0 Å². The molecule has 0 bridgehead atoms. The maximum absolute atomic E-state index is 2.66. The highest BCUT2D eigenvalue weighted by Crippen LogP contribution is 2.12. The SMILES string of the molecule is Cc1ccc(CCCCCCCN2CCCCC2)cc1. The predicted octanol–water partition coefficient (Wildman–Crippen LogP) is 4.97. The molecule has 112 valence electrons. The van der Waals surface area contributed by atoms with Crippen LogP contribution in [0.3, 0.4) is 0 Å². The van der Waals surface area contributed by atoms with Crippen LogP contribution in [0.1, 0.15) is 62.5 Å². The van der Waals surface area contributed by atoms with E-state index in [-0.39, 0.29) is 0 Å². The largest absolute Gasteiger partial charge is 0.303 e. The first-order valence-corrected chi connectivity index (χ1v) is 8.62. The van der Waals surface area contributed by atoms with Crippen LogP contribution < -0.4 is 0 Å². The molecule has 0 amide bonds. The topological polar surface area (TPSA) is 3.24 Å². The minimum absolute atomic E-state index is 1.26. The summed E-state index contributed by atoms with van der Waals surface area (Å²) in [5.74, 6) is 0. The van der Waals surface area contributed by atoms with Gasteiger partial charge in [-0.25, -0.2) is 0 Å². The summed E-state index contributed by atoms with van der Waals surface area (Å²) < 4.78 is 0. The van der Waals surface area contributed by atoms with Crippen molar-refractivity contribution in [2.45, 2.75) is 64.7 Å². The molecule has 0 aliphatic carbocycles. The number of hydrogen-bond acceptors (Lipinski definition) is 1. The molecule has 1 aromatic rings. The van der Waals surface area contributed by atoms with Gasteiger partial charge in [0.2, 0.25) is 0 Å². The van der Waals surface area contributed by atoms with Crippen LogP contribution in [0.5, 0.6) is 0 Å². The van der Waals surface area contributed by atoms with Gasteiger partial charge in [0.1, 0.15) is 0 Å². The van der Waals surface area contributed by atoms with Crippen molar-refractivity contribution in [1.82, 2.24) is 4.90 Å². The molecule has 0 unspecified atom stereocenters. The number of nitrogens with zero attached hydrogens (tertiary/aromatic N) is 1. The normalized spacial score (nSPS) is 16.4. The lowest BCUT2D eigenvalue weighted by Crippen LogP contribution is -2.30. The Balaban J connectivity index is 1.44. The summed E-state index contributed by atoms with van der Waals surface area (Å²) in [6.07, 6.45) is 12.6. The average molecular weight is 273 g/mol. The van der Waals surface area contributed by atoms with E-state index in [1.807, 2.05) is 0 Å². The third-order valence-corrected chi connectivity index (χ3v) is 4.51. The minimum Gasteiger partial charge on any atom is -0.303 e. The van der Waals surface area contributed by atoms with Crippen LogP contribution in [0.25, 0.3) is 0 Å². The molecule has 0 radical (unpaired) electrons. The summed E-state index contributed by atoms with van der Waals surface area (Å²) in [5, 5.41) is 0. The lowest BCUT2D eigenvalue weighted by Gasteiger charge is -2.26. The van der Waals surface area contributed by atoms with Gasteiger partial charge in [0, 0.05) is 0 Å². The fourth-order valence-corrected chi connectivity index (χ4v) is 3.13. The molecule has 1 aliphatic heterocycles. The van der Waals surface area contributed by atoms with E-state index >= 15 is 0 Å². The minimum atomic E-state index is 1.26. The standard InChI is InChI=1S/C19H31N/c1-18-11-13-19(14-12-18)10-6-3-2-4-7-15-20-16-8-5-9-17-20/h11-14H,2-10,15-17H2,1H3. The van der Waals surface area contributed by atoms with Gasteiger partial charge in [0.15, 0.2) is 0 Å². The maximum Gasteiger partial charge on any atom is -0.00187 e. The zero-order valence-corrected chi connectivity index (χ0v) is 13.2. The van der Waals surface area contributed by atoms with Crippen molar-refractivity contribution in [2.24, 2.45) is 0 Å². The van der Waals surface area contributed by atoms with Crippen LogP contribution in [0.4, 0.5) is 0 Å². The number of benzene rings is 1. The van der Waals surface area contributed by atoms with Gasteiger partial charge in [-0.1, -0.05) is 55.5 Å².